The van der Waals surface area contributed by atoms with Gasteiger partial charge in [-0.15, -0.1) is 0 Å². The first-order chi connectivity index (χ1) is 9.04. The largest absolute Gasteiger partial charge is 0.326 e. The van der Waals surface area contributed by atoms with E-state index in [1.807, 2.05) is 26.8 Å². The van der Waals surface area contributed by atoms with Crippen LogP contribution in [0.25, 0.3) is 0 Å². The van der Waals surface area contributed by atoms with Crippen LogP contribution in [0, 0.1) is 19.7 Å². The normalized spacial score (nSPS) is 14.4. The van der Waals surface area contributed by atoms with Crippen LogP contribution < -0.4 is 5.73 Å². The predicted octanol–water partition coefficient (Wildman–Crippen LogP) is 2.36. The molecule has 1 heterocycles. The first-order valence-electron chi connectivity index (χ1n) is 6.44. The van der Waals surface area contributed by atoms with Crippen molar-refractivity contribution in [3.63, 3.8) is 0 Å². The van der Waals surface area contributed by atoms with Crippen molar-refractivity contribution in [2.24, 2.45) is 5.73 Å². The molecule has 2 aromatic rings. The highest BCUT2D eigenvalue weighted by Crippen LogP contribution is 2.25. The van der Waals surface area contributed by atoms with Crippen molar-refractivity contribution in [3.8, 4) is 0 Å². The van der Waals surface area contributed by atoms with Crippen LogP contribution in [-0.4, -0.2) is 20.8 Å². The molecule has 2 atom stereocenters. The number of benzene rings is 1. The lowest BCUT2D eigenvalue weighted by atomic mass is 9.97. The molecule has 0 aliphatic rings. The summed E-state index contributed by atoms with van der Waals surface area (Å²) in [7, 11) is 0. The van der Waals surface area contributed by atoms with Crippen molar-refractivity contribution in [2.75, 3.05) is 0 Å². The summed E-state index contributed by atoms with van der Waals surface area (Å²) in [5, 5.41) is 4.36. The number of nitrogens with two attached hydrogens (primary N) is 1. The van der Waals surface area contributed by atoms with Crippen molar-refractivity contribution >= 4 is 0 Å². The summed E-state index contributed by atoms with van der Waals surface area (Å²) in [6, 6.07) is 6.15. The molecule has 1 aromatic carbocycles. The minimum Gasteiger partial charge on any atom is -0.326 e. The van der Waals surface area contributed by atoms with E-state index in [0.29, 0.717) is 11.4 Å². The number of hydrogen-bond donors (Lipinski definition) is 1. The molecule has 0 aliphatic heterocycles. The van der Waals surface area contributed by atoms with Crippen LogP contribution in [0.1, 0.15) is 36.6 Å². The molecule has 1 aromatic heterocycles. The van der Waals surface area contributed by atoms with E-state index in [9.17, 15) is 4.39 Å². The Bertz CT molecular complexity index is 564. The zero-order valence-corrected chi connectivity index (χ0v) is 11.5. The van der Waals surface area contributed by atoms with Gasteiger partial charge in [0.25, 0.3) is 0 Å². The van der Waals surface area contributed by atoms with Crippen molar-refractivity contribution in [2.45, 2.75) is 39.3 Å². The Morgan fingerprint density at radius 1 is 1.32 bits per heavy atom. The third-order valence-electron chi connectivity index (χ3n) is 3.27. The monoisotopic (exact) mass is 262 g/mol. The van der Waals surface area contributed by atoms with Crippen LogP contribution in [0.5, 0.6) is 0 Å². The van der Waals surface area contributed by atoms with Crippen LogP contribution >= 0.6 is 0 Å². The van der Waals surface area contributed by atoms with E-state index in [-0.39, 0.29) is 17.9 Å². The number of nitrogens with zero attached hydrogens (tertiary/aromatic N) is 3. The average molecular weight is 262 g/mol. The minimum absolute atomic E-state index is 0.211. The van der Waals surface area contributed by atoms with Gasteiger partial charge in [-0.1, -0.05) is 25.1 Å². The molecule has 0 aliphatic carbocycles. The molecule has 2 rings (SSSR count). The fourth-order valence-electron chi connectivity index (χ4n) is 2.28. The number of rotatable bonds is 4. The van der Waals surface area contributed by atoms with Gasteiger partial charge in [0.1, 0.15) is 17.5 Å². The second-order valence-corrected chi connectivity index (χ2v) is 4.69. The van der Waals surface area contributed by atoms with E-state index in [0.717, 1.165) is 12.2 Å². The fourth-order valence-corrected chi connectivity index (χ4v) is 2.28. The average Bonchev–Trinajstić information content (AvgIpc) is 2.71. The summed E-state index contributed by atoms with van der Waals surface area (Å²) >= 11 is 0. The van der Waals surface area contributed by atoms with E-state index in [2.05, 4.69) is 10.1 Å². The molecule has 5 heteroatoms. The smallest absolute Gasteiger partial charge is 0.147 e. The maximum atomic E-state index is 14.0. The van der Waals surface area contributed by atoms with Crippen molar-refractivity contribution < 1.29 is 4.39 Å². The molecule has 19 heavy (non-hydrogen) atoms. The highest BCUT2D eigenvalue weighted by atomic mass is 19.1. The van der Waals surface area contributed by atoms with Crippen LogP contribution in [0.4, 0.5) is 4.39 Å². The number of halogens is 1. The number of aromatic nitrogens is 3. The molecule has 0 fully saturated rings. The molecule has 0 saturated heterocycles. The maximum Gasteiger partial charge on any atom is 0.147 e. The summed E-state index contributed by atoms with van der Waals surface area (Å²) in [5.74, 6) is 1.15. The molecule has 102 valence electrons. The zero-order chi connectivity index (χ0) is 14.0. The lowest BCUT2D eigenvalue weighted by Crippen LogP contribution is -2.34. The van der Waals surface area contributed by atoms with Gasteiger partial charge >= 0.3 is 0 Å². The van der Waals surface area contributed by atoms with Gasteiger partial charge < -0.3 is 5.73 Å². The Morgan fingerprint density at radius 3 is 2.53 bits per heavy atom. The third-order valence-corrected chi connectivity index (χ3v) is 3.27. The van der Waals surface area contributed by atoms with Gasteiger partial charge in [0.15, 0.2) is 0 Å². The Labute approximate surface area is 112 Å². The molecule has 2 N–H and O–H groups in total. The van der Waals surface area contributed by atoms with Gasteiger partial charge in [-0.3, -0.25) is 0 Å². The molecular formula is C14H19FN4. The molecule has 0 saturated carbocycles. The first kappa shape index (κ1) is 13.7. The predicted molar refractivity (Wildman–Crippen MR) is 72.3 cm³/mol. The van der Waals surface area contributed by atoms with E-state index in [4.69, 9.17) is 5.73 Å². The van der Waals surface area contributed by atoms with E-state index < -0.39 is 0 Å². The van der Waals surface area contributed by atoms with E-state index in [1.165, 1.54) is 6.07 Å². The lowest BCUT2D eigenvalue weighted by Gasteiger charge is -2.24. The SMILES string of the molecule is CCC(N)C(c1ccccc1F)n1nc(C)nc1C. The summed E-state index contributed by atoms with van der Waals surface area (Å²) in [4.78, 5) is 4.28. The highest BCUT2D eigenvalue weighted by molar-refractivity contribution is 5.24. The molecule has 0 spiro atoms. The van der Waals surface area contributed by atoms with Gasteiger partial charge in [0, 0.05) is 11.6 Å². The van der Waals surface area contributed by atoms with Gasteiger partial charge in [-0.05, 0) is 26.3 Å². The summed E-state index contributed by atoms with van der Waals surface area (Å²) in [5.41, 5.74) is 6.73. The van der Waals surface area contributed by atoms with Gasteiger partial charge in [0.2, 0.25) is 0 Å². The Hall–Kier alpha value is -1.75. The summed E-state index contributed by atoms with van der Waals surface area (Å²) in [6.07, 6.45) is 0.733. The van der Waals surface area contributed by atoms with E-state index >= 15 is 0 Å². The number of aryl methyl sites for hydroxylation is 2. The Morgan fingerprint density at radius 2 is 2.00 bits per heavy atom. The summed E-state index contributed by atoms with van der Waals surface area (Å²) < 4.78 is 15.8. The van der Waals surface area contributed by atoms with Crippen molar-refractivity contribution in [3.05, 3.63) is 47.3 Å². The Kier molecular flexibility index (Phi) is 3.95. The van der Waals surface area contributed by atoms with Gasteiger partial charge in [-0.2, -0.15) is 5.10 Å². The standard InChI is InChI=1S/C14H19FN4/c1-4-13(16)14(11-7-5-6-8-12(11)15)19-10(3)17-9(2)18-19/h5-8,13-14H,4,16H2,1-3H3. The van der Waals surface area contributed by atoms with Crippen molar-refractivity contribution in [1.82, 2.24) is 14.8 Å². The maximum absolute atomic E-state index is 14.0. The van der Waals surface area contributed by atoms with E-state index in [1.54, 1.807) is 16.8 Å². The second kappa shape index (κ2) is 5.48. The molecule has 2 unspecified atom stereocenters. The van der Waals surface area contributed by atoms with Crippen LogP contribution in [0.2, 0.25) is 0 Å². The van der Waals surface area contributed by atoms with Crippen LogP contribution in [0.3, 0.4) is 0 Å². The molecule has 0 amide bonds. The second-order valence-electron chi connectivity index (χ2n) is 4.69. The first-order valence-corrected chi connectivity index (χ1v) is 6.44. The quantitative estimate of drug-likeness (QED) is 0.920. The van der Waals surface area contributed by atoms with Crippen LogP contribution in [0.15, 0.2) is 24.3 Å². The molecular weight excluding hydrogens is 243 g/mol. The molecule has 0 radical (unpaired) electrons. The minimum atomic E-state index is -0.326. The van der Waals surface area contributed by atoms with Gasteiger partial charge in [0.05, 0.1) is 6.04 Å². The Balaban J connectivity index is 2.54. The van der Waals surface area contributed by atoms with Crippen LogP contribution in [-0.2, 0) is 0 Å². The number of hydrogen-bond acceptors (Lipinski definition) is 3. The lowest BCUT2D eigenvalue weighted by molar-refractivity contribution is 0.400. The fraction of sp³-hybridized carbons (Fsp3) is 0.429. The zero-order valence-electron chi connectivity index (χ0n) is 11.5. The molecule has 4 nitrogen and oxygen atoms in total. The topological polar surface area (TPSA) is 56.7 Å². The van der Waals surface area contributed by atoms with Gasteiger partial charge in [-0.25, -0.2) is 14.1 Å². The molecule has 0 bridgehead atoms. The van der Waals surface area contributed by atoms with Crippen molar-refractivity contribution in [1.29, 1.82) is 0 Å². The summed E-state index contributed by atoms with van der Waals surface area (Å²) in [6.45, 7) is 5.66. The third kappa shape index (κ3) is 2.66. The highest BCUT2D eigenvalue weighted by Gasteiger charge is 2.25.